The number of hydrogen-bond acceptors (Lipinski definition) is 3. The number of phenols is 1. The third kappa shape index (κ3) is 4.03. The van der Waals surface area contributed by atoms with Gasteiger partial charge in [-0.2, -0.15) is 0 Å². The minimum Gasteiger partial charge on any atom is -0.508 e. The van der Waals surface area contributed by atoms with Gasteiger partial charge in [0, 0.05) is 18.9 Å². The molecule has 0 aliphatic rings. The summed E-state index contributed by atoms with van der Waals surface area (Å²) >= 11 is 0. The molecule has 0 bridgehead atoms. The summed E-state index contributed by atoms with van der Waals surface area (Å²) in [5.74, 6) is 0.624. The lowest BCUT2D eigenvalue weighted by Crippen LogP contribution is -2.29. The first kappa shape index (κ1) is 12.7. The molecule has 3 heteroatoms. The van der Waals surface area contributed by atoms with Gasteiger partial charge in [0.2, 0.25) is 0 Å². The second-order valence-corrected chi connectivity index (χ2v) is 4.50. The number of aromatic hydroxyl groups is 1. The van der Waals surface area contributed by atoms with Crippen molar-refractivity contribution in [2.24, 2.45) is 11.7 Å². The molecule has 0 amide bonds. The molecule has 16 heavy (non-hydrogen) atoms. The molecule has 1 atom stereocenters. The minimum absolute atomic E-state index is 0.0789. The molecule has 0 radical (unpaired) electrons. The van der Waals surface area contributed by atoms with Crippen LogP contribution in [-0.2, 0) is 11.2 Å². The fraction of sp³-hybridized carbons (Fsp3) is 0.462. The van der Waals surface area contributed by atoms with Gasteiger partial charge in [0.05, 0.1) is 0 Å². The summed E-state index contributed by atoms with van der Waals surface area (Å²) in [6.45, 7) is 4.01. The van der Waals surface area contributed by atoms with E-state index in [2.05, 4.69) is 0 Å². The molecule has 3 N–H and O–H groups in total. The van der Waals surface area contributed by atoms with Crippen LogP contribution in [-0.4, -0.2) is 16.9 Å². The monoisotopic (exact) mass is 221 g/mol. The van der Waals surface area contributed by atoms with Crippen LogP contribution in [0.1, 0.15) is 25.8 Å². The van der Waals surface area contributed by atoms with Crippen molar-refractivity contribution < 1.29 is 9.90 Å². The predicted molar refractivity (Wildman–Crippen MR) is 64.2 cm³/mol. The standard InChI is InChI=1S/C13H19NO2/c1-9(2)13(14)8-12(16)7-10-4-3-5-11(15)6-10/h3-6,9,13,15H,7-8,14H2,1-2H3. The fourth-order valence-corrected chi connectivity index (χ4v) is 1.46. The normalized spacial score (nSPS) is 12.8. The van der Waals surface area contributed by atoms with Gasteiger partial charge >= 0.3 is 0 Å². The first-order chi connectivity index (χ1) is 7.49. The van der Waals surface area contributed by atoms with Crippen molar-refractivity contribution in [3.05, 3.63) is 29.8 Å². The Hall–Kier alpha value is -1.35. The second-order valence-electron chi connectivity index (χ2n) is 4.50. The number of rotatable bonds is 5. The van der Waals surface area contributed by atoms with Gasteiger partial charge in [-0.15, -0.1) is 0 Å². The molecule has 88 valence electrons. The molecular formula is C13H19NO2. The van der Waals surface area contributed by atoms with Crippen LogP contribution < -0.4 is 5.73 Å². The van der Waals surface area contributed by atoms with Crippen LogP contribution in [0.3, 0.4) is 0 Å². The summed E-state index contributed by atoms with van der Waals surface area (Å²) in [5, 5.41) is 9.26. The average Bonchev–Trinajstić information content (AvgIpc) is 2.16. The number of nitrogens with two attached hydrogens (primary N) is 1. The van der Waals surface area contributed by atoms with Crippen molar-refractivity contribution in [1.82, 2.24) is 0 Å². The Balaban J connectivity index is 2.52. The molecule has 0 aliphatic heterocycles. The van der Waals surface area contributed by atoms with Crippen LogP contribution in [0.4, 0.5) is 0 Å². The maximum absolute atomic E-state index is 11.7. The predicted octanol–water partition coefficient (Wildman–Crippen LogP) is 1.88. The SMILES string of the molecule is CC(C)C(N)CC(=O)Cc1cccc(O)c1. The topological polar surface area (TPSA) is 63.3 Å². The van der Waals surface area contributed by atoms with Crippen LogP contribution in [0.2, 0.25) is 0 Å². The van der Waals surface area contributed by atoms with Crippen LogP contribution in [0.25, 0.3) is 0 Å². The first-order valence-corrected chi connectivity index (χ1v) is 5.54. The second kappa shape index (κ2) is 5.66. The van der Waals surface area contributed by atoms with Crippen molar-refractivity contribution in [2.75, 3.05) is 0 Å². The third-order valence-electron chi connectivity index (χ3n) is 2.63. The van der Waals surface area contributed by atoms with Crippen molar-refractivity contribution in [3.63, 3.8) is 0 Å². The minimum atomic E-state index is -0.0789. The quantitative estimate of drug-likeness (QED) is 0.798. The van der Waals surface area contributed by atoms with Crippen LogP contribution in [0.5, 0.6) is 5.75 Å². The molecule has 0 heterocycles. The molecule has 0 aromatic heterocycles. The zero-order valence-corrected chi connectivity index (χ0v) is 9.81. The number of phenolic OH excluding ortho intramolecular Hbond substituents is 1. The smallest absolute Gasteiger partial charge is 0.138 e. The highest BCUT2D eigenvalue weighted by atomic mass is 16.3. The number of benzene rings is 1. The summed E-state index contributed by atoms with van der Waals surface area (Å²) < 4.78 is 0. The fourth-order valence-electron chi connectivity index (χ4n) is 1.46. The van der Waals surface area contributed by atoms with Crippen molar-refractivity contribution in [1.29, 1.82) is 0 Å². The zero-order valence-electron chi connectivity index (χ0n) is 9.81. The van der Waals surface area contributed by atoms with Crippen LogP contribution >= 0.6 is 0 Å². The lowest BCUT2D eigenvalue weighted by molar-refractivity contribution is -0.118. The van der Waals surface area contributed by atoms with Gasteiger partial charge in [-0.3, -0.25) is 4.79 Å². The molecule has 0 saturated heterocycles. The van der Waals surface area contributed by atoms with Gasteiger partial charge in [0.25, 0.3) is 0 Å². The summed E-state index contributed by atoms with van der Waals surface area (Å²) in [6, 6.07) is 6.69. The molecule has 0 aliphatic carbocycles. The molecule has 1 rings (SSSR count). The molecular weight excluding hydrogens is 202 g/mol. The van der Waals surface area contributed by atoms with E-state index in [1.807, 2.05) is 19.9 Å². The Morgan fingerprint density at radius 3 is 2.69 bits per heavy atom. The van der Waals surface area contributed by atoms with E-state index in [4.69, 9.17) is 5.73 Å². The third-order valence-corrected chi connectivity index (χ3v) is 2.63. The zero-order chi connectivity index (χ0) is 12.1. The molecule has 0 saturated carbocycles. The number of Topliss-reactive ketones (excluding diaryl/α,β-unsaturated/α-hetero) is 1. The highest BCUT2D eigenvalue weighted by Crippen LogP contribution is 2.13. The number of carbonyl (C=O) groups is 1. The van der Waals surface area contributed by atoms with E-state index in [9.17, 15) is 9.90 Å². The van der Waals surface area contributed by atoms with Crippen LogP contribution in [0, 0.1) is 5.92 Å². The Morgan fingerprint density at radius 2 is 2.12 bits per heavy atom. The van der Waals surface area contributed by atoms with Gasteiger partial charge in [-0.1, -0.05) is 26.0 Å². The van der Waals surface area contributed by atoms with Crippen molar-refractivity contribution in [3.8, 4) is 5.75 Å². The van der Waals surface area contributed by atoms with E-state index >= 15 is 0 Å². The summed E-state index contributed by atoms with van der Waals surface area (Å²) in [5.41, 5.74) is 6.66. The van der Waals surface area contributed by atoms with E-state index in [-0.39, 0.29) is 17.6 Å². The lowest BCUT2D eigenvalue weighted by atomic mass is 9.97. The Labute approximate surface area is 96.3 Å². The maximum Gasteiger partial charge on any atom is 0.138 e. The summed E-state index contributed by atoms with van der Waals surface area (Å²) in [7, 11) is 0. The van der Waals surface area contributed by atoms with E-state index < -0.39 is 0 Å². The number of ketones is 1. The average molecular weight is 221 g/mol. The molecule has 1 unspecified atom stereocenters. The van der Waals surface area contributed by atoms with Gasteiger partial charge in [0.1, 0.15) is 11.5 Å². The molecule has 0 spiro atoms. The highest BCUT2D eigenvalue weighted by Gasteiger charge is 2.13. The van der Waals surface area contributed by atoms with Gasteiger partial charge in [-0.05, 0) is 23.6 Å². The number of hydrogen-bond donors (Lipinski definition) is 2. The van der Waals surface area contributed by atoms with E-state index in [0.717, 1.165) is 5.56 Å². The Bertz CT molecular complexity index is 361. The Kier molecular flexibility index (Phi) is 4.50. The largest absolute Gasteiger partial charge is 0.508 e. The van der Waals surface area contributed by atoms with Crippen LogP contribution in [0.15, 0.2) is 24.3 Å². The van der Waals surface area contributed by atoms with Crippen molar-refractivity contribution >= 4 is 5.78 Å². The number of carbonyl (C=O) groups excluding carboxylic acids is 1. The lowest BCUT2D eigenvalue weighted by Gasteiger charge is -2.14. The van der Waals surface area contributed by atoms with Gasteiger partial charge < -0.3 is 10.8 Å². The maximum atomic E-state index is 11.7. The van der Waals surface area contributed by atoms with E-state index in [1.54, 1.807) is 18.2 Å². The molecule has 1 aromatic carbocycles. The van der Waals surface area contributed by atoms with Gasteiger partial charge in [-0.25, -0.2) is 0 Å². The summed E-state index contributed by atoms with van der Waals surface area (Å²) in [4.78, 5) is 11.7. The Morgan fingerprint density at radius 1 is 1.44 bits per heavy atom. The van der Waals surface area contributed by atoms with Gasteiger partial charge in [0.15, 0.2) is 0 Å². The molecule has 3 nitrogen and oxygen atoms in total. The summed E-state index contributed by atoms with van der Waals surface area (Å²) in [6.07, 6.45) is 0.738. The first-order valence-electron chi connectivity index (χ1n) is 5.54. The van der Waals surface area contributed by atoms with Crippen molar-refractivity contribution in [2.45, 2.75) is 32.7 Å². The van der Waals surface area contributed by atoms with E-state index in [1.165, 1.54) is 0 Å². The molecule has 1 aromatic rings. The molecule has 0 fully saturated rings. The van der Waals surface area contributed by atoms with E-state index in [0.29, 0.717) is 18.8 Å². The highest BCUT2D eigenvalue weighted by molar-refractivity contribution is 5.81.